The molecule has 2 aromatic carbocycles. The molecule has 3 rings (SSSR count). The van der Waals surface area contributed by atoms with Crippen LogP contribution in [0.25, 0.3) is 10.6 Å². The zero-order chi connectivity index (χ0) is 17.3. The highest BCUT2D eigenvalue weighted by atomic mass is 35.5. The van der Waals surface area contributed by atoms with E-state index in [0.717, 1.165) is 5.56 Å². The molecule has 1 aromatic heterocycles. The molecule has 1 amide bonds. The quantitative estimate of drug-likeness (QED) is 0.622. The summed E-state index contributed by atoms with van der Waals surface area (Å²) >= 11 is 13.3. The van der Waals surface area contributed by atoms with Crippen molar-refractivity contribution in [2.24, 2.45) is 0 Å². The van der Waals surface area contributed by atoms with Gasteiger partial charge in [-0.3, -0.25) is 4.79 Å². The van der Waals surface area contributed by atoms with E-state index in [2.05, 4.69) is 10.3 Å². The lowest BCUT2D eigenvalue weighted by atomic mass is 10.2. The van der Waals surface area contributed by atoms with E-state index < -0.39 is 0 Å². The summed E-state index contributed by atoms with van der Waals surface area (Å²) in [6.45, 7) is 1.75. The van der Waals surface area contributed by atoms with E-state index in [-0.39, 0.29) is 16.7 Å². The number of thiazole rings is 1. The first-order valence-corrected chi connectivity index (χ1v) is 8.51. The van der Waals surface area contributed by atoms with Crippen LogP contribution in [0.1, 0.15) is 15.4 Å². The van der Waals surface area contributed by atoms with Gasteiger partial charge in [-0.25, -0.2) is 9.37 Å². The number of hydrogen-bond acceptors (Lipinski definition) is 3. The smallest absolute Gasteiger partial charge is 0.267 e. The van der Waals surface area contributed by atoms with Crippen LogP contribution in [-0.4, -0.2) is 10.9 Å². The van der Waals surface area contributed by atoms with E-state index in [1.165, 1.54) is 23.5 Å². The number of anilines is 1. The van der Waals surface area contributed by atoms with Crippen molar-refractivity contribution in [3.8, 4) is 10.6 Å². The lowest BCUT2D eigenvalue weighted by Crippen LogP contribution is -2.11. The molecule has 0 bridgehead atoms. The number of aromatic nitrogens is 1. The first kappa shape index (κ1) is 16.9. The van der Waals surface area contributed by atoms with Crippen molar-refractivity contribution in [3.63, 3.8) is 0 Å². The summed E-state index contributed by atoms with van der Waals surface area (Å²) in [5, 5.41) is 4.03. The van der Waals surface area contributed by atoms with Gasteiger partial charge in [0.15, 0.2) is 0 Å². The predicted octanol–water partition coefficient (Wildman–Crippen LogP) is 5.82. The SMILES string of the molecule is Cc1nc(-c2ccc(F)cc2)sc1C(=O)Nc1cccc(Cl)c1Cl. The Morgan fingerprint density at radius 3 is 2.58 bits per heavy atom. The second kappa shape index (κ2) is 6.89. The third kappa shape index (κ3) is 3.43. The second-order valence-electron chi connectivity index (χ2n) is 5.00. The van der Waals surface area contributed by atoms with Gasteiger partial charge in [-0.15, -0.1) is 11.3 Å². The van der Waals surface area contributed by atoms with Crippen molar-refractivity contribution in [1.82, 2.24) is 4.98 Å². The van der Waals surface area contributed by atoms with E-state index in [1.807, 2.05) is 0 Å². The number of carbonyl (C=O) groups is 1. The number of nitrogens with one attached hydrogen (secondary N) is 1. The molecule has 0 spiro atoms. The summed E-state index contributed by atoms with van der Waals surface area (Å²) < 4.78 is 13.0. The van der Waals surface area contributed by atoms with Crippen molar-refractivity contribution in [2.45, 2.75) is 6.92 Å². The van der Waals surface area contributed by atoms with E-state index >= 15 is 0 Å². The molecule has 0 unspecified atom stereocenters. The Morgan fingerprint density at radius 1 is 1.17 bits per heavy atom. The van der Waals surface area contributed by atoms with E-state index in [9.17, 15) is 9.18 Å². The van der Waals surface area contributed by atoms with Gasteiger partial charge in [-0.05, 0) is 43.3 Å². The van der Waals surface area contributed by atoms with Gasteiger partial charge in [0.25, 0.3) is 5.91 Å². The maximum absolute atomic E-state index is 13.0. The summed E-state index contributed by atoms with van der Waals surface area (Å²) in [5.74, 6) is -0.636. The lowest BCUT2D eigenvalue weighted by Gasteiger charge is -2.07. The van der Waals surface area contributed by atoms with Crippen LogP contribution < -0.4 is 5.32 Å². The van der Waals surface area contributed by atoms with Gasteiger partial charge in [-0.2, -0.15) is 0 Å². The van der Waals surface area contributed by atoms with Crippen LogP contribution in [0.15, 0.2) is 42.5 Å². The molecular formula is C17H11Cl2FN2OS. The average molecular weight is 381 g/mol. The van der Waals surface area contributed by atoms with Crippen LogP contribution in [-0.2, 0) is 0 Å². The Morgan fingerprint density at radius 2 is 1.88 bits per heavy atom. The maximum atomic E-state index is 13.0. The van der Waals surface area contributed by atoms with Crippen LogP contribution in [0.5, 0.6) is 0 Å². The highest BCUT2D eigenvalue weighted by Crippen LogP contribution is 2.32. The van der Waals surface area contributed by atoms with Gasteiger partial charge in [0.1, 0.15) is 15.7 Å². The molecule has 3 aromatic rings. The lowest BCUT2D eigenvalue weighted by molar-refractivity contribution is 0.103. The Labute approximate surface area is 152 Å². The van der Waals surface area contributed by atoms with Gasteiger partial charge >= 0.3 is 0 Å². The molecule has 7 heteroatoms. The van der Waals surface area contributed by atoms with Gasteiger partial charge < -0.3 is 5.32 Å². The fraction of sp³-hybridized carbons (Fsp3) is 0.0588. The van der Waals surface area contributed by atoms with Gasteiger partial charge in [0.05, 0.1) is 21.4 Å². The van der Waals surface area contributed by atoms with Gasteiger partial charge in [0, 0.05) is 5.56 Å². The van der Waals surface area contributed by atoms with Crippen molar-refractivity contribution in [2.75, 3.05) is 5.32 Å². The summed E-state index contributed by atoms with van der Waals surface area (Å²) in [7, 11) is 0. The molecule has 3 nitrogen and oxygen atoms in total. The van der Waals surface area contributed by atoms with Crippen molar-refractivity contribution in [1.29, 1.82) is 0 Å². The molecule has 24 heavy (non-hydrogen) atoms. The molecule has 0 aliphatic rings. The fourth-order valence-corrected chi connectivity index (χ4v) is 3.42. The minimum absolute atomic E-state index is 0.286. The van der Waals surface area contributed by atoms with Gasteiger partial charge in [-0.1, -0.05) is 29.3 Å². The number of carbonyl (C=O) groups excluding carboxylic acids is 1. The van der Waals surface area contributed by atoms with Crippen LogP contribution >= 0.6 is 34.5 Å². The summed E-state index contributed by atoms with van der Waals surface area (Å²) in [6.07, 6.45) is 0. The molecule has 0 fully saturated rings. The Bertz CT molecular complexity index is 909. The van der Waals surface area contributed by atoms with Crippen molar-refractivity contribution >= 4 is 46.1 Å². The molecular weight excluding hydrogens is 370 g/mol. The monoisotopic (exact) mass is 380 g/mol. The maximum Gasteiger partial charge on any atom is 0.267 e. The summed E-state index contributed by atoms with van der Waals surface area (Å²) in [4.78, 5) is 17.3. The van der Waals surface area contributed by atoms with E-state index in [4.69, 9.17) is 23.2 Å². The second-order valence-corrected chi connectivity index (χ2v) is 6.78. The first-order valence-electron chi connectivity index (χ1n) is 6.94. The normalized spacial score (nSPS) is 10.7. The largest absolute Gasteiger partial charge is 0.320 e. The average Bonchev–Trinajstić information content (AvgIpc) is 2.94. The predicted molar refractivity (Wildman–Crippen MR) is 96.7 cm³/mol. The number of nitrogens with zero attached hydrogens (tertiary/aromatic N) is 1. The van der Waals surface area contributed by atoms with Crippen LogP contribution in [0.4, 0.5) is 10.1 Å². The molecule has 0 aliphatic carbocycles. The summed E-state index contributed by atoms with van der Waals surface area (Å²) in [5.41, 5.74) is 1.78. The van der Waals surface area contributed by atoms with Crippen LogP contribution in [0.3, 0.4) is 0 Å². The molecule has 0 saturated carbocycles. The third-order valence-corrected chi connectivity index (χ3v) is 5.32. The minimum Gasteiger partial charge on any atom is -0.320 e. The third-order valence-electron chi connectivity index (χ3n) is 3.29. The molecule has 1 heterocycles. The Hall–Kier alpha value is -1.95. The van der Waals surface area contributed by atoms with Crippen LogP contribution in [0, 0.1) is 12.7 Å². The number of rotatable bonds is 3. The molecule has 0 aliphatic heterocycles. The van der Waals surface area contributed by atoms with Crippen molar-refractivity contribution in [3.05, 3.63) is 68.9 Å². The fourth-order valence-electron chi connectivity index (χ4n) is 2.10. The highest BCUT2D eigenvalue weighted by Gasteiger charge is 2.17. The zero-order valence-corrected chi connectivity index (χ0v) is 14.8. The van der Waals surface area contributed by atoms with Gasteiger partial charge in [0.2, 0.25) is 0 Å². The molecule has 0 radical (unpaired) electrons. The molecule has 1 N–H and O–H groups in total. The van der Waals surface area contributed by atoms with E-state index in [0.29, 0.717) is 26.3 Å². The Kier molecular flexibility index (Phi) is 4.85. The molecule has 0 atom stereocenters. The standard InChI is InChI=1S/C17H11Cl2FN2OS/c1-9-15(16(23)22-13-4-2-3-12(18)14(13)19)24-17(21-9)10-5-7-11(20)8-6-10/h2-8H,1H3,(H,22,23). The topological polar surface area (TPSA) is 42.0 Å². The van der Waals surface area contributed by atoms with Crippen LogP contribution in [0.2, 0.25) is 10.0 Å². The van der Waals surface area contributed by atoms with E-state index in [1.54, 1.807) is 37.3 Å². The number of halogens is 3. The first-order chi connectivity index (χ1) is 11.5. The highest BCUT2D eigenvalue weighted by molar-refractivity contribution is 7.17. The minimum atomic E-state index is -0.319. The number of hydrogen-bond donors (Lipinski definition) is 1. The number of amides is 1. The Balaban J connectivity index is 1.88. The zero-order valence-electron chi connectivity index (χ0n) is 12.4. The summed E-state index contributed by atoms with van der Waals surface area (Å²) in [6, 6.07) is 11.0. The number of benzene rings is 2. The van der Waals surface area contributed by atoms with Crippen molar-refractivity contribution < 1.29 is 9.18 Å². The molecule has 0 saturated heterocycles. The number of aryl methyl sites for hydroxylation is 1. The molecule has 122 valence electrons.